The van der Waals surface area contributed by atoms with Gasteiger partial charge in [-0.1, -0.05) is 0 Å². The van der Waals surface area contributed by atoms with Gasteiger partial charge in [-0.3, -0.25) is 0 Å². The first-order valence-corrected chi connectivity index (χ1v) is 10.5. The Hall–Kier alpha value is 0.0934. The maximum absolute atomic E-state index is 6.28. The molecular formula is C8H11ClNZn. The van der Waals surface area contributed by atoms with E-state index in [9.17, 15) is 0 Å². The predicted octanol–water partition coefficient (Wildman–Crippen LogP) is 1.56. The summed E-state index contributed by atoms with van der Waals surface area (Å²) in [6.07, 6.45) is 0. The van der Waals surface area contributed by atoms with Crippen molar-refractivity contribution in [1.29, 1.82) is 0 Å². The molecule has 0 aliphatic carbocycles. The van der Waals surface area contributed by atoms with Gasteiger partial charge in [0.05, 0.1) is 0 Å². The van der Waals surface area contributed by atoms with E-state index >= 15 is 0 Å². The summed E-state index contributed by atoms with van der Waals surface area (Å²) in [5.41, 5.74) is 0. The molecule has 11 heavy (non-hydrogen) atoms. The molecule has 0 aliphatic heterocycles. The van der Waals surface area contributed by atoms with Crippen molar-refractivity contribution in [3.8, 4) is 0 Å². The monoisotopic (exact) mass is 220 g/mol. The molecular weight excluding hydrogens is 211 g/mol. The molecule has 0 saturated carbocycles. The average Bonchev–Trinajstić information content (AvgIpc) is 2.05. The van der Waals surface area contributed by atoms with Crippen LogP contribution in [0.2, 0.25) is 0 Å². The molecule has 3 heteroatoms. The third kappa shape index (κ3) is 2.55. The van der Waals surface area contributed by atoms with Gasteiger partial charge in [-0.15, -0.1) is 0 Å². The molecule has 1 aromatic rings. The van der Waals surface area contributed by atoms with E-state index in [-0.39, 0.29) is 0 Å². The first-order chi connectivity index (χ1) is 5.22. The fourth-order valence-electron chi connectivity index (χ4n) is 1.04. The standard InChI is InChI=1S/C6H5.C2H6N.ClH.Zn/c1-2-4-6-5-3-1;1-3-2;;/h1-5H;1-2H3;1H;/q;-1;;+2/p-1. The fourth-order valence-corrected chi connectivity index (χ4v) is 4.88. The van der Waals surface area contributed by atoms with Gasteiger partial charge < -0.3 is 0 Å². The van der Waals surface area contributed by atoms with Crippen LogP contribution in [0.5, 0.6) is 0 Å². The van der Waals surface area contributed by atoms with E-state index in [0.717, 1.165) is 0 Å². The molecule has 0 bridgehead atoms. The van der Waals surface area contributed by atoms with Crippen molar-refractivity contribution in [3.63, 3.8) is 0 Å². The number of benzene rings is 1. The van der Waals surface area contributed by atoms with Crippen molar-refractivity contribution in [2.75, 3.05) is 14.1 Å². The van der Waals surface area contributed by atoms with Crippen molar-refractivity contribution < 1.29 is 15.2 Å². The van der Waals surface area contributed by atoms with Crippen LogP contribution < -0.4 is 4.16 Å². The molecule has 0 heterocycles. The summed E-state index contributed by atoms with van der Waals surface area (Å²) in [7, 11) is 10.4. The Morgan fingerprint density at radius 2 is 1.73 bits per heavy atom. The second kappa shape index (κ2) is 4.20. The number of rotatable bonds is 2. The molecule has 0 aromatic heterocycles. The molecule has 0 spiro atoms. The molecule has 0 fully saturated rings. The Labute approximate surface area is 77.2 Å². The topological polar surface area (TPSA) is 3.24 Å². The van der Waals surface area contributed by atoms with E-state index in [1.54, 1.807) is 0 Å². The van der Waals surface area contributed by atoms with Crippen molar-refractivity contribution in [1.82, 2.24) is 3.64 Å². The van der Waals surface area contributed by atoms with Gasteiger partial charge in [-0.2, -0.15) is 0 Å². The van der Waals surface area contributed by atoms with Crippen LogP contribution >= 0.6 is 9.69 Å². The molecule has 1 nitrogen and oxygen atoms in total. The normalized spacial score (nSPS) is 10.2. The summed E-state index contributed by atoms with van der Waals surface area (Å²) < 4.78 is 3.52. The van der Waals surface area contributed by atoms with E-state index in [2.05, 4.69) is 29.9 Å². The van der Waals surface area contributed by atoms with Crippen LogP contribution in [0.1, 0.15) is 0 Å². The summed E-state index contributed by atoms with van der Waals surface area (Å²) in [5, 5.41) is 0. The zero-order valence-corrected chi connectivity index (χ0v) is 10.6. The molecule has 1 aromatic carbocycles. The van der Waals surface area contributed by atoms with Gasteiger partial charge in [-0.05, 0) is 0 Å². The van der Waals surface area contributed by atoms with E-state index in [1.165, 1.54) is 4.16 Å². The summed E-state index contributed by atoms with van der Waals surface area (Å²) >= 11 is -1.98. The van der Waals surface area contributed by atoms with E-state index < -0.39 is 15.2 Å². The zero-order chi connectivity index (χ0) is 8.27. The van der Waals surface area contributed by atoms with Gasteiger partial charge in [0.25, 0.3) is 0 Å². The molecule has 0 saturated heterocycles. The summed E-state index contributed by atoms with van der Waals surface area (Å²) in [6, 6.07) is 10.4. The third-order valence-corrected chi connectivity index (χ3v) is 10.6. The number of hydrogen-bond donors (Lipinski definition) is 0. The van der Waals surface area contributed by atoms with Gasteiger partial charge in [0, 0.05) is 0 Å². The molecule has 0 amide bonds. The van der Waals surface area contributed by atoms with Gasteiger partial charge >= 0.3 is 77.1 Å². The Morgan fingerprint density at radius 1 is 1.18 bits per heavy atom. The summed E-state index contributed by atoms with van der Waals surface area (Å²) in [5.74, 6) is 0. The Bertz CT molecular complexity index is 213. The number of hydrogen-bond acceptors (Lipinski definition) is 1. The Kier molecular flexibility index (Phi) is 3.51. The molecule has 57 valence electrons. The van der Waals surface area contributed by atoms with Crippen LogP contribution in [-0.2, 0) is 15.2 Å². The molecule has 0 aliphatic rings. The van der Waals surface area contributed by atoms with Gasteiger partial charge in [0.15, 0.2) is 0 Å². The molecule has 1 rings (SSSR count). The summed E-state index contributed by atoms with van der Waals surface area (Å²) in [6.45, 7) is 0. The zero-order valence-electron chi connectivity index (χ0n) is 6.92. The average molecular weight is 222 g/mol. The predicted molar refractivity (Wildman–Crippen MR) is 45.6 cm³/mol. The van der Waals surface area contributed by atoms with Crippen LogP contribution in [-0.4, -0.2) is 17.7 Å². The van der Waals surface area contributed by atoms with E-state index in [0.29, 0.717) is 0 Å². The van der Waals surface area contributed by atoms with Crippen molar-refractivity contribution in [2.45, 2.75) is 0 Å². The van der Waals surface area contributed by atoms with Crippen molar-refractivity contribution in [3.05, 3.63) is 30.3 Å². The Morgan fingerprint density at radius 3 is 2.18 bits per heavy atom. The maximum atomic E-state index is 6.28. The van der Waals surface area contributed by atoms with Crippen LogP contribution in [0.3, 0.4) is 0 Å². The van der Waals surface area contributed by atoms with Crippen LogP contribution in [0, 0.1) is 0 Å². The van der Waals surface area contributed by atoms with Crippen LogP contribution in [0.15, 0.2) is 30.3 Å². The van der Waals surface area contributed by atoms with Crippen molar-refractivity contribution in [2.24, 2.45) is 0 Å². The van der Waals surface area contributed by atoms with Crippen LogP contribution in [0.25, 0.3) is 0 Å². The van der Waals surface area contributed by atoms with Gasteiger partial charge in [0.2, 0.25) is 0 Å². The van der Waals surface area contributed by atoms with Crippen molar-refractivity contribution >= 4 is 13.8 Å². The minimum absolute atomic E-state index is 1.35. The fraction of sp³-hybridized carbons (Fsp3) is 0.250. The minimum atomic E-state index is -1.98. The number of nitrogens with zero attached hydrogens (tertiary/aromatic N) is 1. The van der Waals surface area contributed by atoms with E-state index in [1.807, 2.05) is 18.2 Å². The SMILES string of the molecule is C[N](C)[Zn]([Cl])[c]1ccccc1. The summed E-state index contributed by atoms with van der Waals surface area (Å²) in [4.78, 5) is 0. The van der Waals surface area contributed by atoms with Gasteiger partial charge in [0.1, 0.15) is 0 Å². The third-order valence-electron chi connectivity index (χ3n) is 1.73. The molecule has 0 atom stereocenters. The Balaban J connectivity index is 2.77. The second-order valence-electron chi connectivity index (χ2n) is 2.98. The molecule has 0 N–H and O–H groups in total. The number of halogens is 1. The van der Waals surface area contributed by atoms with Gasteiger partial charge in [-0.25, -0.2) is 0 Å². The van der Waals surface area contributed by atoms with Crippen LogP contribution in [0.4, 0.5) is 0 Å². The molecule has 0 unspecified atom stereocenters. The second-order valence-corrected chi connectivity index (χ2v) is 11.7. The molecule has 0 radical (unpaired) electrons. The first-order valence-electron chi connectivity index (χ1n) is 3.74. The van der Waals surface area contributed by atoms with E-state index in [4.69, 9.17) is 9.69 Å². The quantitative estimate of drug-likeness (QED) is 0.686. The first kappa shape index (κ1) is 9.18.